The summed E-state index contributed by atoms with van der Waals surface area (Å²) in [6.07, 6.45) is -3.56. The molecule has 0 aliphatic carbocycles. The zero-order chi connectivity index (χ0) is 30.4. The lowest BCUT2D eigenvalue weighted by molar-refractivity contribution is -0.146. The zero-order valence-electron chi connectivity index (χ0n) is 23.4. The van der Waals surface area contributed by atoms with Gasteiger partial charge in [0.2, 0.25) is 0 Å². The van der Waals surface area contributed by atoms with Crippen LogP contribution < -0.4 is 0 Å². The van der Waals surface area contributed by atoms with Gasteiger partial charge in [0.15, 0.2) is 12.9 Å². The minimum Gasteiger partial charge on any atom is -0.459 e. The van der Waals surface area contributed by atoms with Crippen LogP contribution >= 0.6 is 0 Å². The van der Waals surface area contributed by atoms with Crippen molar-refractivity contribution in [1.29, 1.82) is 0 Å². The van der Waals surface area contributed by atoms with Crippen molar-refractivity contribution in [3.05, 3.63) is 144 Å². The van der Waals surface area contributed by atoms with Crippen LogP contribution in [0, 0.1) is 0 Å². The summed E-state index contributed by atoms with van der Waals surface area (Å²) in [5.74, 6) is -2.69. The Hall–Kier alpha value is -5.28. The van der Waals surface area contributed by atoms with Crippen molar-refractivity contribution < 1.29 is 42.9 Å². The van der Waals surface area contributed by atoms with Gasteiger partial charge < -0.3 is 23.7 Å². The van der Waals surface area contributed by atoms with Gasteiger partial charge in [-0.25, -0.2) is 19.2 Å². The molecule has 0 heterocycles. The highest BCUT2D eigenvalue weighted by Crippen LogP contribution is 2.19. The van der Waals surface area contributed by atoms with Crippen LogP contribution in [0.15, 0.2) is 121 Å². The van der Waals surface area contributed by atoms with Gasteiger partial charge in [-0.05, 0) is 55.5 Å². The SMILES string of the molecule is CC(OC(=O)c1ccccc1)[C@@H](OC(=O)c1ccccc1)[C@@H](COC(=O)c1ccccc1)OCOC(=O)c1ccccc1. The Kier molecular flexibility index (Phi) is 11.2. The first-order valence-electron chi connectivity index (χ1n) is 13.5. The van der Waals surface area contributed by atoms with Gasteiger partial charge in [0, 0.05) is 0 Å². The molecule has 0 fully saturated rings. The van der Waals surface area contributed by atoms with E-state index in [1.54, 1.807) is 121 Å². The highest BCUT2D eigenvalue weighted by atomic mass is 16.7. The van der Waals surface area contributed by atoms with E-state index in [4.69, 9.17) is 23.7 Å². The van der Waals surface area contributed by atoms with E-state index >= 15 is 0 Å². The van der Waals surface area contributed by atoms with Crippen LogP contribution in [-0.2, 0) is 23.7 Å². The number of ether oxygens (including phenoxy) is 5. The lowest BCUT2D eigenvalue weighted by atomic mass is 10.1. The van der Waals surface area contributed by atoms with E-state index < -0.39 is 55.6 Å². The summed E-state index contributed by atoms with van der Waals surface area (Å²) >= 11 is 0. The second kappa shape index (κ2) is 15.6. The topological polar surface area (TPSA) is 114 Å². The quantitative estimate of drug-likeness (QED) is 0.114. The van der Waals surface area contributed by atoms with E-state index in [0.717, 1.165) is 0 Å². The molecule has 0 aromatic heterocycles. The Morgan fingerprint density at radius 2 is 0.884 bits per heavy atom. The Bertz CT molecular complexity index is 1480. The minimum atomic E-state index is -1.28. The van der Waals surface area contributed by atoms with Crippen LogP contribution in [0.4, 0.5) is 0 Å². The summed E-state index contributed by atoms with van der Waals surface area (Å²) in [4.78, 5) is 51.3. The third kappa shape index (κ3) is 9.11. The minimum absolute atomic E-state index is 0.240. The van der Waals surface area contributed by atoms with E-state index in [1.165, 1.54) is 6.92 Å². The van der Waals surface area contributed by atoms with Crippen molar-refractivity contribution in [3.63, 3.8) is 0 Å². The summed E-state index contributed by atoms with van der Waals surface area (Å²) in [5, 5.41) is 0. The van der Waals surface area contributed by atoms with E-state index in [-0.39, 0.29) is 16.7 Å². The molecule has 3 atom stereocenters. The van der Waals surface area contributed by atoms with Gasteiger partial charge in [-0.1, -0.05) is 72.8 Å². The first kappa shape index (κ1) is 30.7. The molecule has 0 bridgehead atoms. The molecule has 0 radical (unpaired) electrons. The monoisotopic (exact) mass is 582 g/mol. The van der Waals surface area contributed by atoms with Gasteiger partial charge in [0.1, 0.15) is 18.8 Å². The van der Waals surface area contributed by atoms with Crippen LogP contribution in [0.25, 0.3) is 0 Å². The largest absolute Gasteiger partial charge is 0.459 e. The maximum Gasteiger partial charge on any atom is 0.340 e. The fraction of sp³-hybridized carbons (Fsp3) is 0.176. The fourth-order valence-corrected chi connectivity index (χ4v) is 4.00. The average molecular weight is 583 g/mol. The first-order valence-corrected chi connectivity index (χ1v) is 13.5. The maximum absolute atomic E-state index is 13.1. The molecule has 0 aliphatic rings. The van der Waals surface area contributed by atoms with Crippen molar-refractivity contribution in [2.45, 2.75) is 25.2 Å². The molecule has 0 N–H and O–H groups in total. The number of esters is 4. The molecule has 9 heteroatoms. The molecule has 0 aliphatic heterocycles. The number of hydrogen-bond acceptors (Lipinski definition) is 9. The lowest BCUT2D eigenvalue weighted by Gasteiger charge is -2.30. The van der Waals surface area contributed by atoms with Crippen molar-refractivity contribution in [2.24, 2.45) is 0 Å². The Morgan fingerprint density at radius 3 is 1.33 bits per heavy atom. The summed E-state index contributed by atoms with van der Waals surface area (Å²) in [5.41, 5.74) is 1.12. The third-order valence-corrected chi connectivity index (χ3v) is 6.25. The summed E-state index contributed by atoms with van der Waals surface area (Å²) in [7, 11) is 0. The molecule has 4 aromatic rings. The van der Waals surface area contributed by atoms with Crippen LogP contribution in [0.3, 0.4) is 0 Å². The molecule has 9 nitrogen and oxygen atoms in total. The normalized spacial score (nSPS) is 12.7. The molecule has 0 saturated carbocycles. The van der Waals surface area contributed by atoms with Gasteiger partial charge in [-0.15, -0.1) is 0 Å². The van der Waals surface area contributed by atoms with Crippen molar-refractivity contribution in [2.75, 3.05) is 13.4 Å². The molecule has 43 heavy (non-hydrogen) atoms. The molecule has 0 saturated heterocycles. The highest BCUT2D eigenvalue weighted by molar-refractivity contribution is 5.91. The molecule has 4 aromatic carbocycles. The average Bonchev–Trinajstić information content (AvgIpc) is 3.06. The van der Waals surface area contributed by atoms with Crippen LogP contribution in [0.2, 0.25) is 0 Å². The molecule has 1 unspecified atom stereocenters. The number of rotatable bonds is 13. The zero-order valence-corrected chi connectivity index (χ0v) is 23.4. The Labute approximate surface area is 248 Å². The molecule has 0 spiro atoms. The third-order valence-electron chi connectivity index (χ3n) is 6.25. The van der Waals surface area contributed by atoms with Crippen molar-refractivity contribution in [3.8, 4) is 0 Å². The molecule has 0 amide bonds. The van der Waals surface area contributed by atoms with Crippen LogP contribution in [-0.4, -0.2) is 55.6 Å². The van der Waals surface area contributed by atoms with Gasteiger partial charge in [-0.3, -0.25) is 0 Å². The maximum atomic E-state index is 13.1. The number of benzene rings is 4. The van der Waals surface area contributed by atoms with Crippen molar-refractivity contribution in [1.82, 2.24) is 0 Å². The fourth-order valence-electron chi connectivity index (χ4n) is 4.00. The van der Waals surface area contributed by atoms with Crippen LogP contribution in [0.1, 0.15) is 48.4 Å². The molecular formula is C34H30O9. The Morgan fingerprint density at radius 1 is 0.512 bits per heavy atom. The van der Waals surface area contributed by atoms with Crippen LogP contribution in [0.5, 0.6) is 0 Å². The standard InChI is InChI=1S/C34H30O9/c1-24(42-33(37)27-18-10-4-11-19-27)30(43-34(38)28-20-12-5-13-21-28)29(22-39-31(35)25-14-6-2-7-15-25)40-23-41-32(36)26-16-8-3-9-17-26/h2-21,24,29-30H,22-23H2,1H3/t24?,29-,30-/m1/s1. The van der Waals surface area contributed by atoms with E-state index in [1.807, 2.05) is 0 Å². The summed E-state index contributed by atoms with van der Waals surface area (Å²) < 4.78 is 28.1. The second-order valence-electron chi connectivity index (χ2n) is 9.30. The Balaban J connectivity index is 1.56. The van der Waals surface area contributed by atoms with E-state index in [2.05, 4.69) is 0 Å². The van der Waals surface area contributed by atoms with Gasteiger partial charge in [0.05, 0.1) is 22.3 Å². The highest BCUT2D eigenvalue weighted by Gasteiger charge is 2.36. The van der Waals surface area contributed by atoms with E-state index in [0.29, 0.717) is 5.56 Å². The summed E-state index contributed by atoms with van der Waals surface area (Å²) in [6, 6.07) is 33.1. The molecule has 4 rings (SSSR count). The summed E-state index contributed by atoms with van der Waals surface area (Å²) in [6.45, 7) is 0.533. The predicted molar refractivity (Wildman–Crippen MR) is 155 cm³/mol. The smallest absolute Gasteiger partial charge is 0.340 e. The lowest BCUT2D eigenvalue weighted by Crippen LogP contribution is -2.46. The van der Waals surface area contributed by atoms with Gasteiger partial charge >= 0.3 is 23.9 Å². The number of hydrogen-bond donors (Lipinski definition) is 0. The number of carbonyl (C=O) groups excluding carboxylic acids is 4. The molecular weight excluding hydrogens is 552 g/mol. The first-order chi connectivity index (χ1) is 20.9. The number of carbonyl (C=O) groups is 4. The van der Waals surface area contributed by atoms with Crippen molar-refractivity contribution >= 4 is 23.9 Å². The second-order valence-corrected chi connectivity index (χ2v) is 9.30. The van der Waals surface area contributed by atoms with E-state index in [9.17, 15) is 19.2 Å². The predicted octanol–water partition coefficient (Wildman–Crippen LogP) is 5.51. The molecule has 220 valence electrons. The van der Waals surface area contributed by atoms with Gasteiger partial charge in [0.25, 0.3) is 0 Å². The van der Waals surface area contributed by atoms with Gasteiger partial charge in [-0.2, -0.15) is 0 Å².